The maximum atomic E-state index is 8.88. The van der Waals surface area contributed by atoms with Crippen molar-refractivity contribution < 1.29 is 5.11 Å². The van der Waals surface area contributed by atoms with Gasteiger partial charge in [-0.05, 0) is 56.4 Å². The second-order valence-electron chi connectivity index (χ2n) is 7.05. The van der Waals surface area contributed by atoms with Gasteiger partial charge in [0.1, 0.15) is 0 Å². The molecule has 1 rings (SSSR count). The Kier molecular flexibility index (Phi) is 7.17. The lowest BCUT2D eigenvalue weighted by Crippen LogP contribution is -2.19. The van der Waals surface area contributed by atoms with Gasteiger partial charge in [-0.15, -0.1) is 0 Å². The van der Waals surface area contributed by atoms with Crippen LogP contribution in [0.5, 0.6) is 0 Å². The topological polar surface area (TPSA) is 20.2 Å². The summed E-state index contributed by atoms with van der Waals surface area (Å²) in [5, 5.41) is 8.88. The maximum absolute atomic E-state index is 8.88. The lowest BCUT2D eigenvalue weighted by atomic mass is 9.72. The molecule has 0 aliphatic heterocycles. The molecule has 21 heavy (non-hydrogen) atoms. The minimum atomic E-state index is 0.261. The van der Waals surface area contributed by atoms with Crippen LogP contribution < -0.4 is 0 Å². The van der Waals surface area contributed by atoms with Crippen LogP contribution in [0.3, 0.4) is 0 Å². The predicted molar refractivity (Wildman–Crippen MR) is 93.2 cm³/mol. The van der Waals surface area contributed by atoms with Crippen molar-refractivity contribution in [1.82, 2.24) is 0 Å². The van der Waals surface area contributed by atoms with Crippen LogP contribution in [-0.4, -0.2) is 11.7 Å². The monoisotopic (exact) mass is 288 g/mol. The van der Waals surface area contributed by atoms with E-state index < -0.39 is 0 Å². The zero-order chi connectivity index (χ0) is 15.9. The Morgan fingerprint density at radius 1 is 1.38 bits per heavy atom. The van der Waals surface area contributed by atoms with Crippen LogP contribution >= 0.6 is 0 Å². The third-order valence-corrected chi connectivity index (χ3v) is 4.44. The molecular formula is C20H32O. The van der Waals surface area contributed by atoms with Gasteiger partial charge in [-0.2, -0.15) is 0 Å². The molecule has 0 aromatic carbocycles. The molecule has 0 saturated carbocycles. The molecule has 1 aliphatic carbocycles. The molecule has 0 amide bonds. The first-order valence-electron chi connectivity index (χ1n) is 8.21. The largest absolute Gasteiger partial charge is 0.396 e. The first kappa shape index (κ1) is 18.0. The van der Waals surface area contributed by atoms with E-state index in [1.807, 2.05) is 0 Å². The van der Waals surface area contributed by atoms with E-state index in [-0.39, 0.29) is 6.61 Å². The van der Waals surface area contributed by atoms with Crippen LogP contribution in [0.25, 0.3) is 0 Å². The standard InChI is InChI=1S/C20H32O/c1-16(8-6-9-17(2)13-15-21)11-12-19-18(3)10-7-14-20(19,4)5/h6,8-9,11-12,17,21H,7,10,13-15H2,1-5H3/b9-6+,12-11+,16-8-/t17-/m1/s1. The van der Waals surface area contributed by atoms with E-state index in [4.69, 9.17) is 5.11 Å². The zero-order valence-electron chi connectivity index (χ0n) is 14.4. The van der Waals surface area contributed by atoms with Crippen LogP contribution in [0, 0.1) is 11.3 Å². The molecule has 1 heteroatoms. The van der Waals surface area contributed by atoms with E-state index in [1.54, 1.807) is 5.57 Å². The lowest BCUT2D eigenvalue weighted by molar-refractivity contribution is 0.274. The first-order valence-corrected chi connectivity index (χ1v) is 8.21. The summed E-state index contributed by atoms with van der Waals surface area (Å²) >= 11 is 0. The Bertz CT molecular complexity index is 446. The van der Waals surface area contributed by atoms with Crippen molar-refractivity contribution in [3.8, 4) is 0 Å². The van der Waals surface area contributed by atoms with Gasteiger partial charge < -0.3 is 5.11 Å². The smallest absolute Gasteiger partial charge is 0.0436 e. The SMILES string of the molecule is CC1=C(/C=C/C(C)=C\C=C\[C@@H](C)CCO)C(C)(C)CCC1. The molecule has 0 heterocycles. The van der Waals surface area contributed by atoms with Gasteiger partial charge in [0.25, 0.3) is 0 Å². The third-order valence-electron chi connectivity index (χ3n) is 4.44. The lowest BCUT2D eigenvalue weighted by Gasteiger charge is -2.32. The minimum Gasteiger partial charge on any atom is -0.396 e. The number of hydrogen-bond donors (Lipinski definition) is 1. The summed E-state index contributed by atoms with van der Waals surface area (Å²) < 4.78 is 0. The van der Waals surface area contributed by atoms with Crippen LogP contribution in [0.2, 0.25) is 0 Å². The molecule has 0 saturated heterocycles. The van der Waals surface area contributed by atoms with Crippen LogP contribution in [0.1, 0.15) is 60.3 Å². The molecule has 1 N–H and O–H groups in total. The summed E-state index contributed by atoms with van der Waals surface area (Å²) in [5.74, 6) is 0.435. The van der Waals surface area contributed by atoms with Crippen molar-refractivity contribution in [2.24, 2.45) is 11.3 Å². The van der Waals surface area contributed by atoms with Crippen LogP contribution in [0.4, 0.5) is 0 Å². The highest BCUT2D eigenvalue weighted by Crippen LogP contribution is 2.40. The van der Waals surface area contributed by atoms with E-state index in [0.717, 1.165) is 6.42 Å². The second-order valence-corrected chi connectivity index (χ2v) is 7.05. The van der Waals surface area contributed by atoms with Crippen molar-refractivity contribution in [2.45, 2.75) is 60.3 Å². The minimum absolute atomic E-state index is 0.261. The highest BCUT2D eigenvalue weighted by Gasteiger charge is 2.26. The zero-order valence-corrected chi connectivity index (χ0v) is 14.4. The van der Waals surface area contributed by atoms with E-state index in [0.29, 0.717) is 11.3 Å². The number of allylic oxidation sites excluding steroid dienone is 8. The Morgan fingerprint density at radius 3 is 2.71 bits per heavy atom. The summed E-state index contributed by atoms with van der Waals surface area (Å²) in [4.78, 5) is 0. The Hall–Kier alpha value is -1.08. The summed E-state index contributed by atoms with van der Waals surface area (Å²) in [6.45, 7) is 11.5. The number of hydrogen-bond acceptors (Lipinski definition) is 1. The summed E-state index contributed by atoms with van der Waals surface area (Å²) in [7, 11) is 0. The van der Waals surface area contributed by atoms with Gasteiger partial charge in [0, 0.05) is 6.61 Å². The molecule has 1 aliphatic rings. The molecule has 118 valence electrons. The molecule has 0 spiro atoms. The van der Waals surface area contributed by atoms with Gasteiger partial charge in [-0.25, -0.2) is 0 Å². The van der Waals surface area contributed by atoms with Crippen molar-refractivity contribution in [1.29, 1.82) is 0 Å². The third kappa shape index (κ3) is 6.05. The fourth-order valence-electron chi connectivity index (χ4n) is 2.98. The molecule has 0 bridgehead atoms. The average Bonchev–Trinajstić information content (AvgIpc) is 2.37. The molecule has 0 aromatic rings. The van der Waals surface area contributed by atoms with Crippen molar-refractivity contribution in [2.75, 3.05) is 6.61 Å². The van der Waals surface area contributed by atoms with Crippen molar-refractivity contribution in [3.05, 3.63) is 47.1 Å². The highest BCUT2D eigenvalue weighted by molar-refractivity contribution is 5.36. The van der Waals surface area contributed by atoms with Crippen LogP contribution in [0.15, 0.2) is 47.1 Å². The predicted octanol–water partition coefficient (Wildman–Crippen LogP) is 5.59. The number of rotatable bonds is 6. The molecule has 1 atom stereocenters. The summed E-state index contributed by atoms with van der Waals surface area (Å²) in [6.07, 6.45) is 15.6. The summed E-state index contributed by atoms with van der Waals surface area (Å²) in [6, 6.07) is 0. The molecule has 0 fully saturated rings. The number of aliphatic hydroxyl groups is 1. The Labute approximate surface area is 131 Å². The fraction of sp³-hybridized carbons (Fsp3) is 0.600. The second kappa shape index (κ2) is 8.38. The maximum Gasteiger partial charge on any atom is 0.0436 e. The van der Waals surface area contributed by atoms with E-state index in [2.05, 4.69) is 65.0 Å². The fourth-order valence-corrected chi connectivity index (χ4v) is 2.98. The number of aliphatic hydroxyl groups excluding tert-OH is 1. The molecule has 0 radical (unpaired) electrons. The van der Waals surface area contributed by atoms with Gasteiger partial charge in [-0.3, -0.25) is 0 Å². The molecule has 0 unspecified atom stereocenters. The average molecular weight is 288 g/mol. The highest BCUT2D eigenvalue weighted by atomic mass is 16.3. The quantitative estimate of drug-likeness (QED) is 0.632. The summed E-state index contributed by atoms with van der Waals surface area (Å²) in [5.41, 5.74) is 4.63. The van der Waals surface area contributed by atoms with Crippen molar-refractivity contribution in [3.63, 3.8) is 0 Å². The van der Waals surface area contributed by atoms with E-state index >= 15 is 0 Å². The van der Waals surface area contributed by atoms with E-state index in [1.165, 1.54) is 30.4 Å². The van der Waals surface area contributed by atoms with Gasteiger partial charge in [-0.1, -0.05) is 62.3 Å². The van der Waals surface area contributed by atoms with Crippen molar-refractivity contribution >= 4 is 0 Å². The molecule has 0 aromatic heterocycles. The first-order chi connectivity index (χ1) is 9.86. The van der Waals surface area contributed by atoms with Crippen LogP contribution in [-0.2, 0) is 0 Å². The Balaban J connectivity index is 2.71. The molecular weight excluding hydrogens is 256 g/mol. The van der Waals surface area contributed by atoms with Gasteiger partial charge in [0.2, 0.25) is 0 Å². The van der Waals surface area contributed by atoms with Gasteiger partial charge in [0.15, 0.2) is 0 Å². The van der Waals surface area contributed by atoms with E-state index in [9.17, 15) is 0 Å². The Morgan fingerprint density at radius 2 is 2.10 bits per heavy atom. The van der Waals surface area contributed by atoms with Gasteiger partial charge >= 0.3 is 0 Å². The molecule has 1 nitrogen and oxygen atoms in total. The van der Waals surface area contributed by atoms with Gasteiger partial charge in [0.05, 0.1) is 0 Å². The normalized spacial score (nSPS) is 21.5.